The first-order valence-electron chi connectivity index (χ1n) is 21.1. The van der Waals surface area contributed by atoms with Crippen molar-refractivity contribution in [2.45, 2.75) is 138 Å². The third-order valence-electron chi connectivity index (χ3n) is 11.0. The average molecular weight is 1060 g/mol. The first-order chi connectivity index (χ1) is 31.9. The predicted molar refractivity (Wildman–Crippen MR) is 223 cm³/mol. The molecule has 0 saturated carbocycles. The van der Waals surface area contributed by atoms with Gasteiger partial charge in [0.15, 0.2) is 8.32 Å². The Morgan fingerprint density at radius 1 is 0.686 bits per heavy atom. The fraction of sp³-hybridized carbons (Fsp3) is 0.591. The number of benzene rings is 2. The number of allylic oxidation sites excluding steroid dienone is 3. The summed E-state index contributed by atoms with van der Waals surface area (Å²) in [5.74, 6) is -56.7. The van der Waals surface area contributed by atoms with E-state index in [-0.39, 0.29) is 12.4 Å². The first kappa shape index (κ1) is 61.4. The first-order valence-corrected chi connectivity index (χ1v) is 23.4. The van der Waals surface area contributed by atoms with Gasteiger partial charge < -0.3 is 23.4 Å². The number of anilines is 1. The number of ether oxygens (including phenoxy) is 4. The van der Waals surface area contributed by atoms with Crippen LogP contribution >= 0.6 is 0 Å². The highest BCUT2D eigenvalue weighted by atomic mass is 28.4. The summed E-state index contributed by atoms with van der Waals surface area (Å²) in [5, 5.41) is 2.60. The number of unbranched alkanes of at least 4 members (excludes halogenated alkanes) is 1. The van der Waals surface area contributed by atoms with Crippen LogP contribution in [0.2, 0.25) is 17.1 Å². The zero-order valence-electron chi connectivity index (χ0n) is 38.5. The molecule has 0 fully saturated rings. The van der Waals surface area contributed by atoms with Crippen LogP contribution in [-0.4, -0.2) is 94.9 Å². The minimum absolute atomic E-state index is 0.145. The van der Waals surface area contributed by atoms with E-state index >= 15 is 8.78 Å². The minimum Gasteiger partial charge on any atom is -0.497 e. The van der Waals surface area contributed by atoms with Crippen molar-refractivity contribution >= 4 is 26.1 Å². The Hall–Kier alpha value is -4.75. The second-order valence-corrected chi connectivity index (χ2v) is 21.4. The molecule has 1 N–H and O–H groups in total. The molecular weight excluding hydrogens is 1010 g/mol. The monoisotopic (exact) mass is 1060 g/mol. The molecule has 70 heavy (non-hydrogen) atoms. The Morgan fingerprint density at radius 3 is 1.67 bits per heavy atom. The Morgan fingerprint density at radius 2 is 1.19 bits per heavy atom. The molecule has 0 radical (unpaired) electrons. The summed E-state index contributed by atoms with van der Waals surface area (Å²) in [4.78, 5) is 24.6. The fourth-order valence-corrected chi connectivity index (χ4v) is 11.3. The van der Waals surface area contributed by atoms with E-state index in [0.717, 1.165) is 0 Å². The topological polar surface area (TPSA) is 92.3 Å². The van der Waals surface area contributed by atoms with Crippen LogP contribution in [-0.2, 0) is 18.7 Å². The molecule has 0 saturated heterocycles. The van der Waals surface area contributed by atoms with E-state index < -0.39 is 111 Å². The molecule has 0 spiro atoms. The lowest BCUT2D eigenvalue weighted by molar-refractivity contribution is -0.461. The summed E-state index contributed by atoms with van der Waals surface area (Å²) in [6, 6.07) is 11.0. The molecule has 398 valence electrons. The number of hydrogen-bond acceptors (Lipinski definition) is 7. The number of carbonyl (C=O) groups is 2. The third kappa shape index (κ3) is 13.6. The molecule has 26 heteroatoms. The maximum Gasteiger partial charge on any atom is 0.460 e. The van der Waals surface area contributed by atoms with Gasteiger partial charge in [-0.25, -0.2) is 9.59 Å². The lowest BCUT2D eigenvalue weighted by Crippen LogP contribution is -2.74. The summed E-state index contributed by atoms with van der Waals surface area (Å²) < 4.78 is 264. The number of hydrogen-bond donors (Lipinski definition) is 1. The van der Waals surface area contributed by atoms with Gasteiger partial charge in [0.05, 0.1) is 20.3 Å². The summed E-state index contributed by atoms with van der Waals surface area (Å²) in [5.41, 5.74) is -0.268. The molecule has 2 aromatic carbocycles. The van der Waals surface area contributed by atoms with Crippen LogP contribution in [0.15, 0.2) is 72.3 Å². The van der Waals surface area contributed by atoms with Gasteiger partial charge in [-0.05, 0) is 97.8 Å². The summed E-state index contributed by atoms with van der Waals surface area (Å²) in [6.07, 6.45) is -5.96. The van der Waals surface area contributed by atoms with Crippen molar-refractivity contribution in [1.82, 2.24) is 0 Å². The molecule has 0 aliphatic heterocycles. The summed E-state index contributed by atoms with van der Waals surface area (Å²) in [7, 11) is -2.55. The van der Waals surface area contributed by atoms with E-state index in [2.05, 4.69) is 5.32 Å². The molecule has 0 heterocycles. The highest BCUT2D eigenvalue weighted by Crippen LogP contribution is 2.64. The molecule has 0 aliphatic rings. The normalized spacial score (nSPS) is 14.6. The van der Waals surface area contributed by atoms with Gasteiger partial charge in [-0.2, -0.15) is 74.6 Å². The Labute approximate surface area is 393 Å². The molecule has 0 aliphatic carbocycles. The summed E-state index contributed by atoms with van der Waals surface area (Å²) >= 11 is 0. The van der Waals surface area contributed by atoms with Crippen LogP contribution in [0.3, 0.4) is 0 Å². The van der Waals surface area contributed by atoms with Crippen LogP contribution in [0.5, 0.6) is 11.5 Å². The van der Waals surface area contributed by atoms with Gasteiger partial charge >= 0.3 is 59.7 Å². The fourth-order valence-electron chi connectivity index (χ4n) is 6.88. The molecular formula is C44H52F17NO7Si. The number of amides is 1. The van der Waals surface area contributed by atoms with Crippen molar-refractivity contribution in [3.63, 3.8) is 0 Å². The third-order valence-corrected chi connectivity index (χ3v) is 16.7. The van der Waals surface area contributed by atoms with E-state index in [4.69, 9.17) is 23.4 Å². The van der Waals surface area contributed by atoms with Crippen molar-refractivity contribution in [2.24, 2.45) is 0 Å². The molecule has 2 aromatic rings. The van der Waals surface area contributed by atoms with Gasteiger partial charge in [-0.15, -0.1) is 0 Å². The van der Waals surface area contributed by atoms with Gasteiger partial charge in [0.1, 0.15) is 24.2 Å². The van der Waals surface area contributed by atoms with Gasteiger partial charge in [0.2, 0.25) is 0 Å². The zero-order chi connectivity index (χ0) is 54.0. The van der Waals surface area contributed by atoms with E-state index in [9.17, 15) is 75.4 Å². The van der Waals surface area contributed by atoms with E-state index in [1.807, 2.05) is 0 Å². The van der Waals surface area contributed by atoms with Crippen molar-refractivity contribution in [3.8, 4) is 11.5 Å². The van der Waals surface area contributed by atoms with Crippen molar-refractivity contribution in [1.29, 1.82) is 0 Å². The standard InChI is InChI=1S/C44H52F17NO7Si/c1-8-66-35(63)26-29(6)12-10-9-11-13-34(69-36(64)62-31-16-20-32(65-7)21-17-31)30-14-18-33(19-15-30)67-23-24-68-70(27(2)3,28(4)5)25-22-37(45,46)38(47,48)39(49,50)40(51,52)41(53,54)42(55,56)43(57,58)44(59,60)61/h10,12,14-21,26-28,34H,8-9,11,13,22-25H2,1-7H3,(H,62,64)/b12-10+,29-26+/t34-/m1/s1. The Balaban J connectivity index is 2.27. The smallest absolute Gasteiger partial charge is 0.460 e. The highest BCUT2D eigenvalue weighted by molar-refractivity contribution is 6.76. The number of halogens is 17. The number of rotatable bonds is 27. The van der Waals surface area contributed by atoms with Gasteiger partial charge in [0.25, 0.3) is 0 Å². The van der Waals surface area contributed by atoms with Crippen molar-refractivity contribution in [2.75, 3.05) is 32.2 Å². The van der Waals surface area contributed by atoms with Crippen LogP contribution in [0, 0.1) is 0 Å². The molecule has 2 rings (SSSR count). The largest absolute Gasteiger partial charge is 0.497 e. The number of alkyl halides is 17. The Kier molecular flexibility index (Phi) is 20.7. The Bertz CT molecular complexity index is 2050. The second kappa shape index (κ2) is 23.6. The number of esters is 1. The zero-order valence-corrected chi connectivity index (χ0v) is 39.5. The lowest BCUT2D eigenvalue weighted by atomic mass is 9.88. The lowest BCUT2D eigenvalue weighted by Gasteiger charge is -2.44. The maximum absolute atomic E-state index is 15.0. The maximum atomic E-state index is 15.0. The number of nitrogens with one attached hydrogen (secondary N) is 1. The van der Waals surface area contributed by atoms with Gasteiger partial charge in [-0.1, -0.05) is 52.0 Å². The molecule has 0 unspecified atom stereocenters. The summed E-state index contributed by atoms with van der Waals surface area (Å²) in [6.45, 7) is 7.93. The molecule has 0 aromatic heterocycles. The second-order valence-electron chi connectivity index (χ2n) is 16.4. The van der Waals surface area contributed by atoms with E-state index in [0.29, 0.717) is 41.8 Å². The van der Waals surface area contributed by atoms with Crippen molar-refractivity contribution < 1.29 is 108 Å². The number of carbonyl (C=O) groups excluding carboxylic acids is 2. The molecule has 0 bridgehead atoms. The molecule has 1 atom stereocenters. The average Bonchev–Trinajstić information content (AvgIpc) is 3.25. The number of methoxy groups -OCH3 is 1. The van der Waals surface area contributed by atoms with E-state index in [1.54, 1.807) is 50.3 Å². The highest BCUT2D eigenvalue weighted by Gasteiger charge is 2.95. The van der Waals surface area contributed by atoms with E-state index in [1.165, 1.54) is 65.1 Å². The van der Waals surface area contributed by atoms with Crippen LogP contribution in [0.4, 0.5) is 85.1 Å². The van der Waals surface area contributed by atoms with Gasteiger partial charge in [-0.3, -0.25) is 5.32 Å². The molecule has 8 nitrogen and oxygen atoms in total. The predicted octanol–water partition coefficient (Wildman–Crippen LogP) is 14.8. The van der Waals surface area contributed by atoms with Crippen LogP contribution in [0.1, 0.15) is 78.9 Å². The van der Waals surface area contributed by atoms with Crippen LogP contribution < -0.4 is 14.8 Å². The minimum atomic E-state index is -8.70. The molecule has 1 amide bonds. The quantitative estimate of drug-likeness (QED) is 0.0238. The van der Waals surface area contributed by atoms with Gasteiger partial charge in [0, 0.05) is 18.2 Å². The SMILES string of the molecule is CCOC(=O)/C=C(C)/C=C/CCC[C@@H](OC(=O)Nc1ccc(OC)cc1)c1ccc(OCCO[Si](CCC(F)(F)C(F)(F)C(F)(F)C(F)(F)C(F)(F)C(F)(F)C(F)(F)C(F)(F)F)(C(C)C)C(C)C)cc1. The van der Waals surface area contributed by atoms with Crippen molar-refractivity contribution in [3.05, 3.63) is 77.9 Å². The van der Waals surface area contributed by atoms with Crippen LogP contribution in [0.25, 0.3) is 0 Å².